The molecular formula is C27H32FN3O. The lowest BCUT2D eigenvalue weighted by Gasteiger charge is -2.36. The first-order valence-corrected chi connectivity index (χ1v) is 11.7. The lowest BCUT2D eigenvalue weighted by atomic mass is 9.75. The summed E-state index contributed by atoms with van der Waals surface area (Å²) in [5.41, 5.74) is 9.22. The number of hydrogen-bond acceptors (Lipinski definition) is 3. The summed E-state index contributed by atoms with van der Waals surface area (Å²) in [7, 11) is 2.25. The summed E-state index contributed by atoms with van der Waals surface area (Å²) in [5.74, 6) is 2.19. The Morgan fingerprint density at radius 3 is 2.59 bits per heavy atom. The summed E-state index contributed by atoms with van der Waals surface area (Å²) in [6.07, 6.45) is 10.5. The third-order valence-electron chi connectivity index (χ3n) is 7.88. The van der Waals surface area contributed by atoms with Gasteiger partial charge in [0.15, 0.2) is 0 Å². The van der Waals surface area contributed by atoms with Gasteiger partial charge in [0.25, 0.3) is 0 Å². The molecule has 4 bridgehead atoms. The highest BCUT2D eigenvalue weighted by Crippen LogP contribution is 2.65. The lowest BCUT2D eigenvalue weighted by Crippen LogP contribution is -2.36. The van der Waals surface area contributed by atoms with Crippen LogP contribution in [0.5, 0.6) is 0 Å². The molecular weight excluding hydrogens is 401 g/mol. The molecule has 2 aromatic rings. The Hall–Kier alpha value is -2.66. The summed E-state index contributed by atoms with van der Waals surface area (Å²) in [6, 6.07) is 12.3. The molecule has 2 unspecified atom stereocenters. The molecule has 3 N–H and O–H groups in total. The number of nitrogens with two attached hydrogens (primary N) is 1. The van der Waals surface area contributed by atoms with E-state index >= 15 is 0 Å². The van der Waals surface area contributed by atoms with Gasteiger partial charge in [-0.2, -0.15) is 0 Å². The van der Waals surface area contributed by atoms with E-state index in [4.69, 9.17) is 5.73 Å². The van der Waals surface area contributed by atoms with Crippen molar-refractivity contribution in [2.45, 2.75) is 38.6 Å². The van der Waals surface area contributed by atoms with Gasteiger partial charge >= 0.3 is 0 Å². The molecule has 0 heterocycles. The van der Waals surface area contributed by atoms with E-state index in [1.54, 1.807) is 6.08 Å². The number of rotatable bonds is 7. The summed E-state index contributed by atoms with van der Waals surface area (Å²) in [6.45, 7) is 2.17. The smallest absolute Gasteiger partial charge is 0.248 e. The standard InChI is InChI=1S/C27H32FN3O/c1-31(17-27-14-20-10-21(15-27)12-22(27)11-20)16-19-4-2-18(3-5-19)6-9-26(32)30-25-13-23(28)7-8-24(25)29/h2-9,13,20-22H,10-12,14-17,29H2,1H3,(H,30,32)/b9-6+. The van der Waals surface area contributed by atoms with Crippen molar-refractivity contribution in [1.29, 1.82) is 0 Å². The van der Waals surface area contributed by atoms with E-state index in [1.807, 2.05) is 12.1 Å². The Balaban J connectivity index is 1.15. The van der Waals surface area contributed by atoms with Gasteiger partial charge in [-0.05, 0) is 97.7 Å². The van der Waals surface area contributed by atoms with Crippen molar-refractivity contribution < 1.29 is 9.18 Å². The van der Waals surface area contributed by atoms with Gasteiger partial charge in [0, 0.05) is 19.2 Å². The molecule has 0 spiro atoms. The van der Waals surface area contributed by atoms with Gasteiger partial charge in [0.1, 0.15) is 5.82 Å². The predicted molar refractivity (Wildman–Crippen MR) is 127 cm³/mol. The Morgan fingerprint density at radius 2 is 1.88 bits per heavy atom. The van der Waals surface area contributed by atoms with E-state index in [0.717, 1.165) is 29.9 Å². The molecule has 4 aliphatic carbocycles. The van der Waals surface area contributed by atoms with Crippen LogP contribution in [-0.2, 0) is 11.3 Å². The molecule has 0 radical (unpaired) electrons. The molecule has 0 saturated heterocycles. The number of halogens is 1. The van der Waals surface area contributed by atoms with E-state index in [1.165, 1.54) is 68.5 Å². The average molecular weight is 434 g/mol. The number of carbonyl (C=O) groups is 1. The fourth-order valence-corrected chi connectivity index (χ4v) is 6.85. The number of hydrogen-bond donors (Lipinski definition) is 2. The highest BCUT2D eigenvalue weighted by Gasteiger charge is 2.57. The zero-order valence-electron chi connectivity index (χ0n) is 18.7. The van der Waals surface area contributed by atoms with Crippen LogP contribution in [0.15, 0.2) is 48.5 Å². The van der Waals surface area contributed by atoms with Crippen LogP contribution in [0.1, 0.15) is 43.2 Å². The fourth-order valence-electron chi connectivity index (χ4n) is 6.85. The first-order valence-electron chi connectivity index (χ1n) is 11.7. The van der Waals surface area contributed by atoms with Crippen LogP contribution in [0, 0.1) is 29.0 Å². The molecule has 4 fully saturated rings. The summed E-state index contributed by atoms with van der Waals surface area (Å²) in [5, 5.41) is 2.62. The van der Waals surface area contributed by atoms with Gasteiger partial charge in [-0.3, -0.25) is 4.79 Å². The van der Waals surface area contributed by atoms with Gasteiger partial charge < -0.3 is 16.0 Å². The van der Waals surface area contributed by atoms with Gasteiger partial charge in [-0.25, -0.2) is 4.39 Å². The molecule has 32 heavy (non-hydrogen) atoms. The van der Waals surface area contributed by atoms with Crippen molar-refractivity contribution in [2.75, 3.05) is 24.6 Å². The number of nitrogens with zero attached hydrogens (tertiary/aromatic N) is 1. The minimum Gasteiger partial charge on any atom is -0.397 e. The maximum Gasteiger partial charge on any atom is 0.248 e. The van der Waals surface area contributed by atoms with Crippen molar-refractivity contribution in [2.24, 2.45) is 23.2 Å². The molecule has 5 heteroatoms. The van der Waals surface area contributed by atoms with Crippen molar-refractivity contribution in [3.63, 3.8) is 0 Å². The molecule has 4 aliphatic rings. The molecule has 2 atom stereocenters. The number of anilines is 2. The Labute approximate surface area is 189 Å². The molecule has 4 nitrogen and oxygen atoms in total. The maximum atomic E-state index is 13.3. The molecule has 0 aromatic heterocycles. The van der Waals surface area contributed by atoms with E-state index in [9.17, 15) is 9.18 Å². The van der Waals surface area contributed by atoms with Crippen LogP contribution in [0.3, 0.4) is 0 Å². The quantitative estimate of drug-likeness (QED) is 0.459. The minimum absolute atomic E-state index is 0.279. The van der Waals surface area contributed by atoms with Gasteiger partial charge in [0.05, 0.1) is 11.4 Å². The number of nitrogens with one attached hydrogen (secondary N) is 1. The largest absolute Gasteiger partial charge is 0.397 e. The normalized spacial score (nSPS) is 28.2. The van der Waals surface area contributed by atoms with Crippen LogP contribution >= 0.6 is 0 Å². The first kappa shape index (κ1) is 21.2. The Kier molecular flexibility index (Phi) is 5.54. The molecule has 168 valence electrons. The van der Waals surface area contributed by atoms with Gasteiger partial charge in [-0.1, -0.05) is 24.3 Å². The van der Waals surface area contributed by atoms with Crippen molar-refractivity contribution in [1.82, 2.24) is 4.90 Å². The summed E-state index contributed by atoms with van der Waals surface area (Å²) in [4.78, 5) is 14.7. The van der Waals surface area contributed by atoms with E-state index < -0.39 is 5.82 Å². The van der Waals surface area contributed by atoms with Crippen LogP contribution in [0.4, 0.5) is 15.8 Å². The summed E-state index contributed by atoms with van der Waals surface area (Å²) >= 11 is 0. The van der Waals surface area contributed by atoms with Gasteiger partial charge in [0.2, 0.25) is 5.91 Å². The average Bonchev–Trinajstić information content (AvgIpc) is 3.12. The van der Waals surface area contributed by atoms with Crippen LogP contribution in [0.25, 0.3) is 6.08 Å². The van der Waals surface area contributed by atoms with Crippen molar-refractivity contribution in [3.8, 4) is 0 Å². The molecule has 1 amide bonds. The zero-order chi connectivity index (χ0) is 22.3. The Morgan fingerprint density at radius 1 is 1.16 bits per heavy atom. The monoisotopic (exact) mass is 433 g/mol. The second-order valence-corrected chi connectivity index (χ2v) is 10.4. The van der Waals surface area contributed by atoms with Crippen LogP contribution in [0.2, 0.25) is 0 Å². The number of benzene rings is 2. The highest BCUT2D eigenvalue weighted by atomic mass is 19.1. The van der Waals surface area contributed by atoms with E-state index in [-0.39, 0.29) is 11.6 Å². The first-order chi connectivity index (χ1) is 15.4. The van der Waals surface area contributed by atoms with Crippen LogP contribution < -0.4 is 11.1 Å². The number of amides is 1. The highest BCUT2D eigenvalue weighted by molar-refractivity contribution is 6.03. The minimum atomic E-state index is -0.438. The molecule has 6 rings (SSSR count). The van der Waals surface area contributed by atoms with Crippen LogP contribution in [-0.4, -0.2) is 24.4 Å². The zero-order valence-corrected chi connectivity index (χ0v) is 18.7. The second-order valence-electron chi connectivity index (χ2n) is 10.4. The third kappa shape index (κ3) is 4.31. The Bertz CT molecular complexity index is 1020. The predicted octanol–water partition coefficient (Wildman–Crippen LogP) is 5.32. The second kappa shape index (κ2) is 8.36. The fraction of sp³-hybridized carbons (Fsp3) is 0.444. The molecule has 4 saturated carbocycles. The number of carbonyl (C=O) groups excluding carboxylic acids is 1. The maximum absolute atomic E-state index is 13.3. The topological polar surface area (TPSA) is 58.4 Å². The molecule has 2 aromatic carbocycles. The number of nitrogen functional groups attached to an aromatic ring is 1. The van der Waals surface area contributed by atoms with E-state index in [2.05, 4.69) is 29.4 Å². The lowest BCUT2D eigenvalue weighted by molar-refractivity contribution is -0.111. The van der Waals surface area contributed by atoms with E-state index in [0.29, 0.717) is 11.1 Å². The third-order valence-corrected chi connectivity index (χ3v) is 7.88. The molecule has 0 aliphatic heterocycles. The summed E-state index contributed by atoms with van der Waals surface area (Å²) < 4.78 is 13.3. The SMILES string of the molecule is CN(Cc1ccc(/C=C/C(=O)Nc2cc(F)ccc2N)cc1)CC12CC3CC(CC1C3)C2. The van der Waals surface area contributed by atoms with Crippen molar-refractivity contribution >= 4 is 23.4 Å². The van der Waals surface area contributed by atoms with Gasteiger partial charge in [-0.15, -0.1) is 0 Å². The van der Waals surface area contributed by atoms with Crippen molar-refractivity contribution in [3.05, 3.63) is 65.5 Å².